The number of rotatable bonds is 4. The van der Waals surface area contributed by atoms with E-state index in [1.807, 2.05) is 6.92 Å². The van der Waals surface area contributed by atoms with Crippen LogP contribution in [0.15, 0.2) is 11.5 Å². The van der Waals surface area contributed by atoms with Gasteiger partial charge in [-0.05, 0) is 12.5 Å². The molecule has 3 heteroatoms. The predicted octanol–water partition coefficient (Wildman–Crippen LogP) is 1.04. The Bertz CT molecular complexity index is 132. The van der Waals surface area contributed by atoms with Crippen molar-refractivity contribution in [1.82, 2.24) is 0 Å². The van der Waals surface area contributed by atoms with Gasteiger partial charge in [-0.1, -0.05) is 13.3 Å². The van der Waals surface area contributed by atoms with Gasteiger partial charge in [-0.25, -0.2) is 0 Å². The highest BCUT2D eigenvalue weighted by Gasteiger charge is 1.94. The second-order valence-corrected chi connectivity index (χ2v) is 3.45. The minimum Gasteiger partial charge on any atom is -0.389 e. The van der Waals surface area contributed by atoms with Crippen LogP contribution in [-0.4, -0.2) is 21.7 Å². The van der Waals surface area contributed by atoms with Crippen molar-refractivity contribution < 1.29 is 9.32 Å². The van der Waals surface area contributed by atoms with E-state index < -0.39 is 16.9 Å². The molecule has 0 saturated carbocycles. The first-order chi connectivity index (χ1) is 4.66. The maximum atomic E-state index is 10.5. The Morgan fingerprint density at radius 2 is 2.30 bits per heavy atom. The van der Waals surface area contributed by atoms with Crippen LogP contribution in [0.2, 0.25) is 0 Å². The number of aliphatic hydroxyl groups excluding tert-OH is 1. The van der Waals surface area contributed by atoms with Crippen LogP contribution in [0.5, 0.6) is 0 Å². The van der Waals surface area contributed by atoms with E-state index in [0.717, 1.165) is 12.8 Å². The summed E-state index contributed by atoms with van der Waals surface area (Å²) >= 11 is 0. The molecule has 0 aliphatic carbocycles. The maximum Gasteiger partial charge on any atom is 0.0729 e. The standard InChI is InChI=1S/C7H14O2S/c1-3-4-7(8)5-6-10(2)9/h5-8H,3-4H2,1-2H3/b6-5+. The first kappa shape index (κ1) is 9.85. The van der Waals surface area contributed by atoms with E-state index in [-0.39, 0.29) is 0 Å². The molecule has 0 aromatic carbocycles. The molecular weight excluding hydrogens is 148 g/mol. The van der Waals surface area contributed by atoms with Crippen LogP contribution in [0.25, 0.3) is 0 Å². The lowest BCUT2D eigenvalue weighted by molar-refractivity contribution is 0.212. The predicted molar refractivity (Wildman–Crippen MR) is 44.1 cm³/mol. The van der Waals surface area contributed by atoms with Crippen molar-refractivity contribution in [2.75, 3.05) is 6.26 Å². The molecular formula is C7H14O2S. The van der Waals surface area contributed by atoms with E-state index >= 15 is 0 Å². The van der Waals surface area contributed by atoms with Gasteiger partial charge in [-0.2, -0.15) is 0 Å². The SMILES string of the molecule is CCCC(O)/C=C/S(C)=O. The summed E-state index contributed by atoms with van der Waals surface area (Å²) < 4.78 is 10.5. The van der Waals surface area contributed by atoms with Gasteiger partial charge in [0.25, 0.3) is 0 Å². The summed E-state index contributed by atoms with van der Waals surface area (Å²) in [6, 6.07) is 0. The van der Waals surface area contributed by atoms with Gasteiger partial charge in [0.1, 0.15) is 0 Å². The second-order valence-electron chi connectivity index (χ2n) is 2.18. The molecule has 60 valence electrons. The van der Waals surface area contributed by atoms with Crippen molar-refractivity contribution in [3.05, 3.63) is 11.5 Å². The summed E-state index contributed by atoms with van der Waals surface area (Å²) in [6.45, 7) is 2.00. The maximum absolute atomic E-state index is 10.5. The summed E-state index contributed by atoms with van der Waals surface area (Å²) in [6.07, 6.45) is 4.43. The van der Waals surface area contributed by atoms with Crippen molar-refractivity contribution in [2.45, 2.75) is 25.9 Å². The van der Waals surface area contributed by atoms with Crippen molar-refractivity contribution in [3.8, 4) is 0 Å². The molecule has 2 nitrogen and oxygen atoms in total. The van der Waals surface area contributed by atoms with Crippen LogP contribution in [0.1, 0.15) is 19.8 Å². The largest absolute Gasteiger partial charge is 0.389 e. The summed E-state index contributed by atoms with van der Waals surface area (Å²) in [5.74, 6) is 0. The summed E-state index contributed by atoms with van der Waals surface area (Å²) in [5, 5.41) is 10.6. The van der Waals surface area contributed by atoms with Crippen LogP contribution >= 0.6 is 0 Å². The number of hydrogen-bond acceptors (Lipinski definition) is 2. The van der Waals surface area contributed by atoms with Gasteiger partial charge < -0.3 is 5.11 Å². The van der Waals surface area contributed by atoms with E-state index in [1.54, 1.807) is 12.3 Å². The molecule has 0 aliphatic heterocycles. The van der Waals surface area contributed by atoms with Gasteiger partial charge in [0.05, 0.1) is 6.10 Å². The lowest BCUT2D eigenvalue weighted by Gasteiger charge is -1.99. The monoisotopic (exact) mass is 162 g/mol. The van der Waals surface area contributed by atoms with Gasteiger partial charge >= 0.3 is 0 Å². The zero-order valence-electron chi connectivity index (χ0n) is 6.41. The molecule has 0 rings (SSSR count). The number of aliphatic hydroxyl groups is 1. The van der Waals surface area contributed by atoms with E-state index in [0.29, 0.717) is 0 Å². The zero-order valence-corrected chi connectivity index (χ0v) is 7.23. The minimum absolute atomic E-state index is 0.422. The van der Waals surface area contributed by atoms with Gasteiger partial charge in [0.15, 0.2) is 0 Å². The zero-order chi connectivity index (χ0) is 7.98. The molecule has 0 radical (unpaired) electrons. The highest BCUT2D eigenvalue weighted by molar-refractivity contribution is 7.87. The Morgan fingerprint density at radius 1 is 1.70 bits per heavy atom. The average molecular weight is 162 g/mol. The van der Waals surface area contributed by atoms with Crippen LogP contribution in [0.3, 0.4) is 0 Å². The molecule has 0 aliphatic rings. The molecule has 0 spiro atoms. The van der Waals surface area contributed by atoms with Crippen LogP contribution < -0.4 is 0 Å². The Balaban J connectivity index is 3.55. The van der Waals surface area contributed by atoms with Crippen LogP contribution in [0.4, 0.5) is 0 Å². The van der Waals surface area contributed by atoms with Gasteiger partial charge in [0.2, 0.25) is 0 Å². The lowest BCUT2D eigenvalue weighted by atomic mass is 10.2. The van der Waals surface area contributed by atoms with E-state index in [9.17, 15) is 4.21 Å². The highest BCUT2D eigenvalue weighted by Crippen LogP contribution is 1.97. The molecule has 2 atom stereocenters. The Morgan fingerprint density at radius 3 is 2.70 bits per heavy atom. The topological polar surface area (TPSA) is 37.3 Å². The third kappa shape index (κ3) is 5.98. The Hall–Kier alpha value is -0.150. The summed E-state index contributed by atoms with van der Waals surface area (Å²) in [4.78, 5) is 0. The molecule has 1 N–H and O–H groups in total. The van der Waals surface area contributed by atoms with E-state index in [2.05, 4.69) is 0 Å². The van der Waals surface area contributed by atoms with Gasteiger partial charge in [0, 0.05) is 22.5 Å². The Kier molecular flexibility index (Phi) is 5.54. The molecule has 0 bridgehead atoms. The van der Waals surface area contributed by atoms with Gasteiger partial charge in [-0.15, -0.1) is 0 Å². The summed E-state index contributed by atoms with van der Waals surface area (Å²) in [5.41, 5.74) is 0. The number of hydrogen-bond donors (Lipinski definition) is 1. The average Bonchev–Trinajstić information content (AvgIpc) is 1.85. The van der Waals surface area contributed by atoms with E-state index in [1.165, 1.54) is 5.41 Å². The minimum atomic E-state index is -0.930. The fraction of sp³-hybridized carbons (Fsp3) is 0.714. The molecule has 2 unspecified atom stereocenters. The van der Waals surface area contributed by atoms with Crippen molar-refractivity contribution in [2.24, 2.45) is 0 Å². The lowest BCUT2D eigenvalue weighted by Crippen LogP contribution is -2.00. The van der Waals surface area contributed by atoms with Crippen LogP contribution in [0, 0.1) is 0 Å². The van der Waals surface area contributed by atoms with Crippen molar-refractivity contribution in [3.63, 3.8) is 0 Å². The fourth-order valence-electron chi connectivity index (χ4n) is 0.593. The second kappa shape index (κ2) is 5.62. The molecule has 0 fully saturated rings. The fourth-order valence-corrected chi connectivity index (χ4v) is 0.996. The van der Waals surface area contributed by atoms with E-state index in [4.69, 9.17) is 5.11 Å². The quantitative estimate of drug-likeness (QED) is 0.670. The highest BCUT2D eigenvalue weighted by atomic mass is 32.2. The molecule has 0 heterocycles. The molecule has 0 aromatic heterocycles. The van der Waals surface area contributed by atoms with Crippen molar-refractivity contribution >= 4 is 10.8 Å². The third-order valence-electron chi connectivity index (χ3n) is 1.08. The third-order valence-corrected chi connectivity index (χ3v) is 1.62. The smallest absolute Gasteiger partial charge is 0.0729 e. The van der Waals surface area contributed by atoms with Crippen LogP contribution in [-0.2, 0) is 10.8 Å². The first-order valence-corrected chi connectivity index (χ1v) is 4.97. The molecule has 0 aromatic rings. The summed E-state index contributed by atoms with van der Waals surface area (Å²) in [7, 11) is -0.930. The Labute approximate surface area is 64.4 Å². The molecule has 0 amide bonds. The molecule has 0 saturated heterocycles. The molecule has 10 heavy (non-hydrogen) atoms. The first-order valence-electron chi connectivity index (χ1n) is 3.35. The van der Waals surface area contributed by atoms with Gasteiger partial charge in [-0.3, -0.25) is 4.21 Å². The normalized spacial score (nSPS) is 17.5. The van der Waals surface area contributed by atoms with Crippen molar-refractivity contribution in [1.29, 1.82) is 0 Å².